The Labute approximate surface area is 350 Å². The highest BCUT2D eigenvalue weighted by Gasteiger charge is 2.62. The van der Waals surface area contributed by atoms with E-state index in [1.165, 1.54) is 14.0 Å². The van der Waals surface area contributed by atoms with E-state index in [0.29, 0.717) is 19.5 Å². The first-order valence-electron chi connectivity index (χ1n) is 21.3. The van der Waals surface area contributed by atoms with Gasteiger partial charge in [-0.15, -0.1) is 0 Å². The number of fused-ring (bicyclic) bond motifs is 2. The average Bonchev–Trinajstić information content (AvgIpc) is 3.51. The number of aliphatic hydroxyl groups excluding tert-OH is 1. The lowest BCUT2D eigenvalue weighted by atomic mass is 9.72. The second-order valence-electron chi connectivity index (χ2n) is 17.7. The minimum Gasteiger partial charge on any atom is -0.457 e. The molecule has 3 saturated heterocycles. The van der Waals surface area contributed by atoms with Crippen molar-refractivity contribution in [2.75, 3.05) is 41.3 Å². The zero-order valence-corrected chi connectivity index (χ0v) is 37.2. The molecule has 0 aliphatic carbocycles. The molecule has 3 aliphatic heterocycles. The number of carbonyl (C=O) groups is 4. The van der Waals surface area contributed by atoms with Gasteiger partial charge in [-0.2, -0.15) is 0 Å². The predicted molar refractivity (Wildman–Crippen MR) is 222 cm³/mol. The van der Waals surface area contributed by atoms with Crippen LogP contribution in [0.15, 0.2) is 36.5 Å². The summed E-state index contributed by atoms with van der Waals surface area (Å²) >= 11 is 0. The lowest BCUT2D eigenvalue weighted by Crippen LogP contribution is -2.61. The Morgan fingerprint density at radius 2 is 1.68 bits per heavy atom. The number of nitrogens with zero attached hydrogens (tertiary/aromatic N) is 4. The van der Waals surface area contributed by atoms with Crippen molar-refractivity contribution in [2.24, 2.45) is 23.7 Å². The van der Waals surface area contributed by atoms with Gasteiger partial charge in [-0.25, -0.2) is 4.79 Å². The number of rotatable bonds is 11. The molecule has 0 unspecified atom stereocenters. The maximum Gasteiger partial charge on any atom is 0.410 e. The van der Waals surface area contributed by atoms with Crippen LogP contribution in [0.4, 0.5) is 4.79 Å². The lowest BCUT2D eigenvalue weighted by molar-refractivity contribution is -0.295. The predicted octanol–water partition coefficient (Wildman–Crippen LogP) is 5.26. The fourth-order valence-electron chi connectivity index (χ4n) is 9.94. The van der Waals surface area contributed by atoms with Crippen LogP contribution < -0.4 is 0 Å². The van der Waals surface area contributed by atoms with Crippen LogP contribution in [-0.4, -0.2) is 144 Å². The average molecular weight is 825 g/mol. The molecule has 1 aromatic carbocycles. The van der Waals surface area contributed by atoms with Crippen molar-refractivity contribution in [3.05, 3.63) is 42.1 Å². The minimum atomic E-state index is -1.38. The second-order valence-corrected chi connectivity index (χ2v) is 17.7. The van der Waals surface area contributed by atoms with E-state index < -0.39 is 83.4 Å². The Balaban J connectivity index is 1.51. The van der Waals surface area contributed by atoms with Crippen molar-refractivity contribution in [3.8, 4) is 0 Å². The molecule has 14 nitrogen and oxygen atoms in total. The quantitative estimate of drug-likeness (QED) is 0.232. The summed E-state index contributed by atoms with van der Waals surface area (Å²) in [4.78, 5) is 67.7. The summed E-state index contributed by atoms with van der Waals surface area (Å²) in [6.07, 6.45) is -2.00. The van der Waals surface area contributed by atoms with E-state index >= 15 is 0 Å². The molecule has 4 heterocycles. The molecule has 0 radical (unpaired) electrons. The number of ether oxygens (including phenoxy) is 5. The number of ketones is 2. The van der Waals surface area contributed by atoms with Gasteiger partial charge in [-0.3, -0.25) is 24.3 Å². The number of methoxy groups -OCH3 is 1. The molecule has 3 fully saturated rings. The van der Waals surface area contributed by atoms with Crippen LogP contribution >= 0.6 is 0 Å². The molecule has 14 heteroatoms. The van der Waals surface area contributed by atoms with Crippen LogP contribution in [0.3, 0.4) is 0 Å². The number of pyridine rings is 1. The largest absolute Gasteiger partial charge is 0.457 e. The number of benzene rings is 1. The molecular formula is C45H68N4O10. The summed E-state index contributed by atoms with van der Waals surface area (Å²) in [5.41, 5.74) is -0.657. The molecule has 2 aromatic rings. The highest BCUT2D eigenvalue weighted by Crippen LogP contribution is 2.45. The summed E-state index contributed by atoms with van der Waals surface area (Å²) in [5, 5.41) is 12.5. The SMILES string of the molecule is CC[C@H]1OC(=O)[C@H](C)C(=O)[C@H](C)[C@@H](O[C@@H]2O[C@H](C)C[C@H](N(C)C)[C@H]2O)[C@@](C)(OC)C[C@@H](C)C(=O)[C@H](C)[C@H]2N(CCN(C)Cc3ccnc4ccccc34)C(=O)O[C@]12CC. The van der Waals surface area contributed by atoms with Crippen molar-refractivity contribution < 1.29 is 48.0 Å². The van der Waals surface area contributed by atoms with Crippen molar-refractivity contribution in [2.45, 2.75) is 142 Å². The van der Waals surface area contributed by atoms with Gasteiger partial charge < -0.3 is 38.6 Å². The van der Waals surface area contributed by atoms with Crippen LogP contribution in [0, 0.1) is 23.7 Å². The molecule has 59 heavy (non-hydrogen) atoms. The van der Waals surface area contributed by atoms with Crippen LogP contribution in [0.5, 0.6) is 0 Å². The second kappa shape index (κ2) is 19.0. The molecule has 1 amide bonds. The highest BCUT2D eigenvalue weighted by atomic mass is 16.7. The minimum absolute atomic E-state index is 0.129. The molecule has 5 rings (SSSR count). The van der Waals surface area contributed by atoms with E-state index in [1.807, 2.05) is 91.0 Å². The molecule has 1 aromatic heterocycles. The van der Waals surface area contributed by atoms with Gasteiger partial charge in [-0.05, 0) is 85.3 Å². The number of carbonyl (C=O) groups excluding carboxylic acids is 4. The number of aliphatic hydroxyl groups is 1. The number of esters is 1. The van der Waals surface area contributed by atoms with E-state index in [0.717, 1.165) is 16.5 Å². The van der Waals surface area contributed by atoms with Crippen molar-refractivity contribution in [1.82, 2.24) is 19.7 Å². The monoisotopic (exact) mass is 824 g/mol. The first-order valence-corrected chi connectivity index (χ1v) is 21.3. The fourth-order valence-corrected chi connectivity index (χ4v) is 9.94. The standard InChI is InChI=1S/C45H68N4O10/c1-13-35-45(14-2)39(49(43(54)59-45)22-21-48(11)25-31-19-20-46-33-18-16-15-17-32(31)33)28(5)36(50)26(3)24-44(8,55-12)40(29(6)37(51)30(7)41(53)57-35)58-42-38(52)34(47(9)10)23-27(4)56-42/h15-20,26-30,34-35,38-40,42,52H,13-14,21-25H2,1-12H3/t26-,27-,28+,29+,30-,34+,35-,38-,39-,40-,42+,44+,45-/m1/s1. The third-order valence-electron chi connectivity index (χ3n) is 13.4. The van der Waals surface area contributed by atoms with Gasteiger partial charge >= 0.3 is 12.1 Å². The van der Waals surface area contributed by atoms with Gasteiger partial charge in [0.05, 0.1) is 29.4 Å². The maximum absolute atomic E-state index is 14.9. The maximum atomic E-state index is 14.9. The molecule has 0 spiro atoms. The van der Waals surface area contributed by atoms with Crippen LogP contribution in [0.2, 0.25) is 0 Å². The third kappa shape index (κ3) is 9.38. The normalized spacial score (nSPS) is 36.5. The van der Waals surface area contributed by atoms with Crippen LogP contribution in [0.25, 0.3) is 10.9 Å². The van der Waals surface area contributed by atoms with Gasteiger partial charge in [0.2, 0.25) is 0 Å². The third-order valence-corrected chi connectivity index (χ3v) is 13.4. The molecule has 1 N–H and O–H groups in total. The zero-order valence-electron chi connectivity index (χ0n) is 37.2. The Hall–Kier alpha value is -3.53. The summed E-state index contributed by atoms with van der Waals surface area (Å²) in [6, 6.07) is 8.87. The van der Waals surface area contributed by atoms with Gasteiger partial charge in [0.25, 0.3) is 0 Å². The Morgan fingerprint density at radius 3 is 2.32 bits per heavy atom. The topological polar surface area (TPSA) is 157 Å². The van der Waals surface area contributed by atoms with E-state index in [9.17, 15) is 24.3 Å². The van der Waals surface area contributed by atoms with E-state index in [4.69, 9.17) is 23.7 Å². The zero-order chi connectivity index (χ0) is 43.6. The molecule has 328 valence electrons. The highest BCUT2D eigenvalue weighted by molar-refractivity contribution is 6.00. The number of likely N-dealkylation sites (N-methyl/N-ethyl adjacent to an activating group) is 2. The Morgan fingerprint density at radius 1 is 0.983 bits per heavy atom. The van der Waals surface area contributed by atoms with E-state index in [1.54, 1.807) is 24.9 Å². The Bertz CT molecular complexity index is 1810. The number of hydrogen-bond donors (Lipinski definition) is 1. The number of hydrogen-bond acceptors (Lipinski definition) is 13. The summed E-state index contributed by atoms with van der Waals surface area (Å²) < 4.78 is 31.6. The summed E-state index contributed by atoms with van der Waals surface area (Å²) in [6.45, 7) is 15.5. The van der Waals surface area contributed by atoms with Gasteiger partial charge in [-0.1, -0.05) is 52.8 Å². The Kier molecular flexibility index (Phi) is 15.0. The lowest BCUT2D eigenvalue weighted by Gasteiger charge is -2.47. The van der Waals surface area contributed by atoms with Crippen LogP contribution in [0.1, 0.15) is 86.6 Å². The van der Waals surface area contributed by atoms with E-state index in [2.05, 4.69) is 9.88 Å². The van der Waals surface area contributed by atoms with E-state index in [-0.39, 0.29) is 43.7 Å². The summed E-state index contributed by atoms with van der Waals surface area (Å²) in [5.74, 6) is -4.95. The van der Waals surface area contributed by atoms with Crippen molar-refractivity contribution >= 4 is 34.5 Å². The van der Waals surface area contributed by atoms with Crippen molar-refractivity contribution in [1.29, 1.82) is 0 Å². The molecule has 0 bridgehead atoms. The van der Waals surface area contributed by atoms with Crippen molar-refractivity contribution in [3.63, 3.8) is 0 Å². The van der Waals surface area contributed by atoms with Gasteiger partial charge in [0.15, 0.2) is 17.7 Å². The smallest absolute Gasteiger partial charge is 0.410 e. The first-order chi connectivity index (χ1) is 27.8. The van der Waals surface area contributed by atoms with Gasteiger partial charge in [0.1, 0.15) is 23.9 Å². The number of cyclic esters (lactones) is 1. The first kappa shape index (κ1) is 46.5. The number of aromatic nitrogens is 1. The number of amides is 1. The fraction of sp³-hybridized carbons (Fsp3) is 0.711. The molecule has 3 aliphatic rings. The molecule has 0 saturated carbocycles. The van der Waals surface area contributed by atoms with Crippen LogP contribution in [-0.2, 0) is 44.6 Å². The molecular weight excluding hydrogens is 757 g/mol. The number of para-hydroxylation sites is 1. The van der Waals surface area contributed by atoms with Gasteiger partial charge in [0, 0.05) is 62.1 Å². The molecule has 13 atom stereocenters. The summed E-state index contributed by atoms with van der Waals surface area (Å²) in [7, 11) is 7.23. The number of Topliss-reactive ketones (excluding diaryl/α,β-unsaturated/α-hetero) is 2.